The van der Waals surface area contributed by atoms with Crippen LogP contribution in [0.15, 0.2) is 6.20 Å². The van der Waals surface area contributed by atoms with Crippen LogP contribution in [0.1, 0.15) is 24.6 Å². The first-order valence-electron chi connectivity index (χ1n) is 5.12. The fraction of sp³-hybridized carbons (Fsp3) is 0.778. The number of aromatic nitrogens is 3. The molecule has 0 spiro atoms. The van der Waals surface area contributed by atoms with Crippen LogP contribution in [0.3, 0.4) is 0 Å². The van der Waals surface area contributed by atoms with Gasteiger partial charge in [0.15, 0.2) is 0 Å². The van der Waals surface area contributed by atoms with E-state index in [1.165, 1.54) is 0 Å². The van der Waals surface area contributed by atoms with Gasteiger partial charge in [-0.05, 0) is 25.9 Å². The third-order valence-corrected chi connectivity index (χ3v) is 2.61. The van der Waals surface area contributed by atoms with E-state index < -0.39 is 0 Å². The average Bonchev–Trinajstić information content (AvgIpc) is 2.68. The molecule has 5 nitrogen and oxygen atoms in total. The first-order valence-corrected chi connectivity index (χ1v) is 5.12. The fourth-order valence-corrected chi connectivity index (χ4v) is 1.79. The van der Waals surface area contributed by atoms with Gasteiger partial charge in [0.05, 0.1) is 11.7 Å². The smallest absolute Gasteiger partial charge is 0.0850 e. The highest BCUT2D eigenvalue weighted by molar-refractivity contribution is 5.85. The van der Waals surface area contributed by atoms with E-state index in [4.69, 9.17) is 5.11 Å². The van der Waals surface area contributed by atoms with Gasteiger partial charge >= 0.3 is 0 Å². The summed E-state index contributed by atoms with van der Waals surface area (Å²) in [5.74, 6) is 0. The molecule has 0 bridgehead atoms. The Hall–Kier alpha value is -0.360. The van der Waals surface area contributed by atoms with E-state index in [0.717, 1.165) is 31.6 Å². The zero-order valence-corrected chi connectivity index (χ0v) is 10.6. The number of rotatable bonds is 3. The van der Waals surface area contributed by atoms with Gasteiger partial charge in [-0.15, -0.1) is 29.9 Å². The van der Waals surface area contributed by atoms with Crippen molar-refractivity contribution in [1.29, 1.82) is 0 Å². The molecule has 94 valence electrons. The van der Waals surface area contributed by atoms with Crippen LogP contribution in [-0.2, 0) is 6.42 Å². The summed E-state index contributed by atoms with van der Waals surface area (Å²) in [4.78, 5) is 0. The lowest BCUT2D eigenvalue weighted by atomic mass is 10.1. The summed E-state index contributed by atoms with van der Waals surface area (Å²) < 4.78 is 1.94. The quantitative estimate of drug-likeness (QED) is 0.842. The lowest BCUT2D eigenvalue weighted by Crippen LogP contribution is -2.29. The summed E-state index contributed by atoms with van der Waals surface area (Å²) in [7, 11) is 0. The van der Waals surface area contributed by atoms with Gasteiger partial charge in [-0.25, -0.2) is 4.68 Å². The minimum absolute atomic E-state index is 0. The Morgan fingerprint density at radius 3 is 2.69 bits per heavy atom. The molecule has 0 radical (unpaired) electrons. The maximum Gasteiger partial charge on any atom is 0.0850 e. The molecular weight excluding hydrogens is 251 g/mol. The second-order valence-electron chi connectivity index (χ2n) is 3.64. The van der Waals surface area contributed by atoms with E-state index in [9.17, 15) is 0 Å². The van der Waals surface area contributed by atoms with E-state index in [-0.39, 0.29) is 31.4 Å². The highest BCUT2D eigenvalue weighted by Gasteiger charge is 2.15. The summed E-state index contributed by atoms with van der Waals surface area (Å²) in [6, 6.07) is 0.483. The molecule has 1 saturated heterocycles. The van der Waals surface area contributed by atoms with Gasteiger partial charge in [0, 0.05) is 19.2 Å². The zero-order valence-electron chi connectivity index (χ0n) is 9.00. The van der Waals surface area contributed by atoms with Crippen LogP contribution < -0.4 is 5.32 Å². The van der Waals surface area contributed by atoms with Crippen molar-refractivity contribution in [2.24, 2.45) is 0 Å². The van der Waals surface area contributed by atoms with Crippen LogP contribution >= 0.6 is 24.8 Å². The van der Waals surface area contributed by atoms with Crippen molar-refractivity contribution >= 4 is 24.8 Å². The van der Waals surface area contributed by atoms with Crippen LogP contribution in [-0.4, -0.2) is 39.8 Å². The second kappa shape index (κ2) is 7.84. The van der Waals surface area contributed by atoms with Crippen LogP contribution in [0, 0.1) is 0 Å². The molecule has 0 atom stereocenters. The lowest BCUT2D eigenvalue weighted by molar-refractivity contribution is 0.298. The summed E-state index contributed by atoms with van der Waals surface area (Å²) >= 11 is 0. The molecule has 1 aliphatic rings. The van der Waals surface area contributed by atoms with Crippen molar-refractivity contribution in [3.05, 3.63) is 11.9 Å². The molecule has 0 amide bonds. The molecule has 0 unspecified atom stereocenters. The molecule has 2 heterocycles. The molecule has 1 aliphatic heterocycles. The van der Waals surface area contributed by atoms with Crippen molar-refractivity contribution in [3.63, 3.8) is 0 Å². The van der Waals surface area contributed by atoms with Gasteiger partial charge in [0.1, 0.15) is 0 Å². The van der Waals surface area contributed by atoms with Crippen LogP contribution in [0.2, 0.25) is 0 Å². The first kappa shape index (κ1) is 15.6. The van der Waals surface area contributed by atoms with Crippen LogP contribution in [0.25, 0.3) is 0 Å². The molecule has 16 heavy (non-hydrogen) atoms. The Morgan fingerprint density at radius 2 is 2.06 bits per heavy atom. The SMILES string of the molecule is Cl.Cl.OCCc1cn(C2CCNCC2)nn1. The number of nitrogens with one attached hydrogen (secondary N) is 1. The average molecular weight is 269 g/mol. The second-order valence-corrected chi connectivity index (χ2v) is 3.64. The van der Waals surface area contributed by atoms with E-state index in [1.54, 1.807) is 0 Å². The number of hydrogen-bond acceptors (Lipinski definition) is 4. The lowest BCUT2D eigenvalue weighted by Gasteiger charge is -2.22. The molecule has 1 aromatic rings. The van der Waals surface area contributed by atoms with Crippen molar-refractivity contribution in [2.45, 2.75) is 25.3 Å². The Kier molecular flexibility index (Phi) is 7.66. The molecule has 2 rings (SSSR count). The topological polar surface area (TPSA) is 63.0 Å². The predicted molar refractivity (Wildman–Crippen MR) is 66.4 cm³/mol. The molecule has 0 aromatic carbocycles. The van der Waals surface area contributed by atoms with E-state index in [1.807, 2.05) is 10.9 Å². The Bertz CT molecular complexity index is 289. The van der Waals surface area contributed by atoms with E-state index in [0.29, 0.717) is 12.5 Å². The molecule has 2 N–H and O–H groups in total. The molecular formula is C9H18Cl2N4O. The molecule has 1 fully saturated rings. The largest absolute Gasteiger partial charge is 0.396 e. The van der Waals surface area contributed by atoms with Gasteiger partial charge in [0.25, 0.3) is 0 Å². The number of hydrogen-bond donors (Lipinski definition) is 2. The van der Waals surface area contributed by atoms with Crippen molar-refractivity contribution < 1.29 is 5.11 Å². The van der Waals surface area contributed by atoms with Crippen molar-refractivity contribution in [2.75, 3.05) is 19.7 Å². The van der Waals surface area contributed by atoms with Crippen molar-refractivity contribution in [3.8, 4) is 0 Å². The Morgan fingerprint density at radius 1 is 1.38 bits per heavy atom. The van der Waals surface area contributed by atoms with Gasteiger partial charge in [-0.2, -0.15) is 0 Å². The zero-order chi connectivity index (χ0) is 9.80. The fourth-order valence-electron chi connectivity index (χ4n) is 1.79. The number of nitrogens with zero attached hydrogens (tertiary/aromatic N) is 3. The Labute approximate surface area is 107 Å². The number of aliphatic hydroxyl groups is 1. The minimum atomic E-state index is 0. The third kappa shape index (κ3) is 3.90. The standard InChI is InChI=1S/C9H16N4O.2ClH/c14-6-3-8-7-13(12-11-8)9-1-4-10-5-2-9;;/h7,9-10,14H,1-6H2;2*1H. The maximum absolute atomic E-state index is 8.75. The number of piperidine rings is 1. The summed E-state index contributed by atoms with van der Waals surface area (Å²) in [5, 5.41) is 20.2. The molecule has 1 aromatic heterocycles. The van der Waals surface area contributed by atoms with Gasteiger partial charge < -0.3 is 10.4 Å². The summed E-state index contributed by atoms with van der Waals surface area (Å²) in [6.45, 7) is 2.25. The first-order chi connectivity index (χ1) is 6.90. The van der Waals surface area contributed by atoms with E-state index >= 15 is 0 Å². The molecule has 0 aliphatic carbocycles. The summed E-state index contributed by atoms with van der Waals surface area (Å²) in [5.41, 5.74) is 0.881. The van der Waals surface area contributed by atoms with Crippen LogP contribution in [0.5, 0.6) is 0 Å². The van der Waals surface area contributed by atoms with Crippen molar-refractivity contribution in [1.82, 2.24) is 20.3 Å². The van der Waals surface area contributed by atoms with Gasteiger partial charge in [0.2, 0.25) is 0 Å². The Balaban J connectivity index is 0.00000112. The minimum Gasteiger partial charge on any atom is -0.396 e. The number of aliphatic hydroxyl groups excluding tert-OH is 1. The normalized spacial score (nSPS) is 16.3. The molecule has 7 heteroatoms. The van der Waals surface area contributed by atoms with Crippen LogP contribution in [0.4, 0.5) is 0 Å². The van der Waals surface area contributed by atoms with Gasteiger partial charge in [-0.3, -0.25) is 0 Å². The monoisotopic (exact) mass is 268 g/mol. The van der Waals surface area contributed by atoms with Gasteiger partial charge in [-0.1, -0.05) is 5.21 Å². The number of halogens is 2. The summed E-state index contributed by atoms with van der Waals surface area (Å²) in [6.07, 6.45) is 4.78. The third-order valence-electron chi connectivity index (χ3n) is 2.61. The highest BCUT2D eigenvalue weighted by atomic mass is 35.5. The van der Waals surface area contributed by atoms with E-state index in [2.05, 4.69) is 15.6 Å². The highest BCUT2D eigenvalue weighted by Crippen LogP contribution is 2.16. The predicted octanol–water partition coefficient (Wildman–Crippen LogP) is 0.581. The molecule has 0 saturated carbocycles. The maximum atomic E-state index is 8.75.